The fourth-order valence-corrected chi connectivity index (χ4v) is 7.79. The van der Waals surface area contributed by atoms with Crippen LogP contribution in [0, 0.1) is 27.9 Å². The Kier molecular flexibility index (Phi) is 22.2. The molecule has 15 nitrogen and oxygen atoms in total. The molecule has 2 aliphatic rings. The lowest BCUT2D eigenvalue weighted by Crippen LogP contribution is -2.47. The van der Waals surface area contributed by atoms with Gasteiger partial charge >= 0.3 is 12.1 Å². The molecular weight excluding hydrogens is 803 g/mol. The molecule has 0 radical (unpaired) electrons. The maximum atomic E-state index is 13.7. The standard InChI is InChI=1S/C47H73NO14/c1-13-40(57-35(10)54-15-3)33(8)45-41(59-45)28-30(5)18-17-19-31(6)44-32(7)20-25-42(60-46(50)58-38-23-21-37(22-24-38)48(51)52)47(12,62-36(11)55-16-4)27-26-39(29-43(49)61-44)56-34(9)53-14-2/h17-25,30,32-36,39-42,44-45H,13-16,26-29H2,1-12H3/b18-17+,25-20-,31-19+. The first-order chi connectivity index (χ1) is 29.4. The Labute approximate surface area is 368 Å². The second kappa shape index (κ2) is 26.2. The van der Waals surface area contributed by atoms with E-state index in [1.165, 1.54) is 24.3 Å². The fourth-order valence-electron chi connectivity index (χ4n) is 7.79. The lowest BCUT2D eigenvalue weighted by molar-refractivity contribution is -0.384. The Hall–Kier alpha value is -3.70. The Morgan fingerprint density at radius 2 is 1.61 bits per heavy atom. The van der Waals surface area contributed by atoms with E-state index < -0.39 is 59.5 Å². The first-order valence-electron chi connectivity index (χ1n) is 22.3. The van der Waals surface area contributed by atoms with Crippen molar-refractivity contribution in [2.75, 3.05) is 19.8 Å². The highest BCUT2D eigenvalue weighted by molar-refractivity contribution is 5.70. The van der Waals surface area contributed by atoms with Gasteiger partial charge in [0.15, 0.2) is 25.0 Å². The molecule has 13 unspecified atom stereocenters. The van der Waals surface area contributed by atoms with Crippen LogP contribution in [0.2, 0.25) is 0 Å². The normalized spacial score (nSPS) is 28.3. The third-order valence-electron chi connectivity index (χ3n) is 11.1. The summed E-state index contributed by atoms with van der Waals surface area (Å²) in [4.78, 5) is 37.8. The number of nitro benzene ring substituents is 1. The van der Waals surface area contributed by atoms with Gasteiger partial charge in [0.1, 0.15) is 17.5 Å². The molecule has 1 saturated heterocycles. The lowest BCUT2D eigenvalue weighted by atomic mass is 9.88. The van der Waals surface area contributed by atoms with E-state index in [4.69, 9.17) is 47.4 Å². The number of cyclic esters (lactones) is 1. The number of rotatable bonds is 23. The third-order valence-corrected chi connectivity index (χ3v) is 11.1. The molecule has 13 atom stereocenters. The van der Waals surface area contributed by atoms with Crippen molar-refractivity contribution >= 4 is 17.8 Å². The summed E-state index contributed by atoms with van der Waals surface area (Å²) < 4.78 is 59.8. The minimum atomic E-state index is -1.22. The van der Waals surface area contributed by atoms with Crippen LogP contribution in [0.25, 0.3) is 0 Å². The number of allylic oxidation sites excluding steroid dienone is 3. The molecule has 3 rings (SSSR count). The topological polar surface area (TPSA) is 173 Å². The molecule has 1 aromatic rings. The summed E-state index contributed by atoms with van der Waals surface area (Å²) in [5, 5.41) is 11.2. The summed E-state index contributed by atoms with van der Waals surface area (Å²) in [6.07, 6.45) is 7.13. The van der Waals surface area contributed by atoms with Crippen molar-refractivity contribution in [3.05, 3.63) is 70.3 Å². The van der Waals surface area contributed by atoms with Gasteiger partial charge < -0.3 is 47.4 Å². The highest BCUT2D eigenvalue weighted by Gasteiger charge is 2.46. The van der Waals surface area contributed by atoms with Gasteiger partial charge in [0, 0.05) is 43.8 Å². The minimum absolute atomic E-state index is 0.0422. The van der Waals surface area contributed by atoms with Gasteiger partial charge in [-0.15, -0.1) is 0 Å². The van der Waals surface area contributed by atoms with Gasteiger partial charge in [0.2, 0.25) is 0 Å². The van der Waals surface area contributed by atoms with Crippen LogP contribution in [0.4, 0.5) is 10.5 Å². The van der Waals surface area contributed by atoms with Crippen molar-refractivity contribution in [3.63, 3.8) is 0 Å². The van der Waals surface area contributed by atoms with E-state index in [1.54, 1.807) is 26.8 Å². The molecule has 0 saturated carbocycles. The van der Waals surface area contributed by atoms with E-state index in [2.05, 4.69) is 26.8 Å². The lowest BCUT2D eigenvalue weighted by Gasteiger charge is -2.39. The molecule has 0 aliphatic carbocycles. The molecular formula is C47H73NO14. The van der Waals surface area contributed by atoms with Gasteiger partial charge in [-0.1, -0.05) is 52.0 Å². The molecule has 1 fully saturated rings. The number of esters is 1. The molecule has 2 heterocycles. The number of ether oxygens (including phenoxy) is 10. The number of benzene rings is 1. The molecule has 62 heavy (non-hydrogen) atoms. The Morgan fingerprint density at radius 3 is 2.24 bits per heavy atom. The van der Waals surface area contributed by atoms with Crippen LogP contribution >= 0.6 is 0 Å². The Bertz CT molecular complexity index is 1620. The van der Waals surface area contributed by atoms with Crippen molar-refractivity contribution in [1.82, 2.24) is 0 Å². The quantitative estimate of drug-likeness (QED) is 0.0149. The van der Waals surface area contributed by atoms with E-state index >= 15 is 0 Å². The average molecular weight is 876 g/mol. The first kappa shape index (κ1) is 52.6. The van der Waals surface area contributed by atoms with Crippen molar-refractivity contribution in [2.24, 2.45) is 17.8 Å². The van der Waals surface area contributed by atoms with Crippen molar-refractivity contribution in [2.45, 2.75) is 176 Å². The van der Waals surface area contributed by atoms with E-state index in [0.717, 1.165) is 18.4 Å². The Balaban J connectivity index is 1.89. The molecule has 0 N–H and O–H groups in total. The Morgan fingerprint density at radius 1 is 0.968 bits per heavy atom. The SMILES string of the molecule is CCOC(C)OC1CCC(C)(OC(C)OCC)C(OC(=O)Oc2ccc([N+](=O)[O-])cc2)/C=C\C(C)C(/C(C)=C/C=C/C(C)CC2OC2C(C)C(CC)OC(C)OCC)OC(=O)C1. The minimum Gasteiger partial charge on any atom is -0.457 e. The van der Waals surface area contributed by atoms with Crippen LogP contribution < -0.4 is 4.74 Å². The van der Waals surface area contributed by atoms with Gasteiger partial charge in [-0.2, -0.15) is 0 Å². The molecule has 0 bridgehead atoms. The number of hydrogen-bond acceptors (Lipinski definition) is 14. The maximum absolute atomic E-state index is 13.7. The molecule has 2 aliphatic heterocycles. The number of non-ortho nitro benzene ring substituents is 1. The number of nitrogens with zero attached hydrogens (tertiary/aromatic N) is 1. The monoisotopic (exact) mass is 876 g/mol. The molecule has 350 valence electrons. The van der Waals surface area contributed by atoms with Crippen molar-refractivity contribution in [3.8, 4) is 5.75 Å². The molecule has 1 aromatic carbocycles. The van der Waals surface area contributed by atoms with Crippen molar-refractivity contribution in [1.29, 1.82) is 0 Å². The summed E-state index contributed by atoms with van der Waals surface area (Å²) in [5.74, 6) is -0.325. The molecule has 15 heteroatoms. The summed E-state index contributed by atoms with van der Waals surface area (Å²) in [6.45, 7) is 24.6. The number of nitro groups is 1. The molecule has 0 aromatic heterocycles. The van der Waals surface area contributed by atoms with Crippen molar-refractivity contribution < 1.29 is 61.9 Å². The third kappa shape index (κ3) is 17.5. The van der Waals surface area contributed by atoms with E-state index in [9.17, 15) is 19.7 Å². The smallest absolute Gasteiger partial charge is 0.457 e. The van der Waals surface area contributed by atoms with Crippen LogP contribution in [0.5, 0.6) is 5.75 Å². The largest absolute Gasteiger partial charge is 0.514 e. The average Bonchev–Trinajstić information content (AvgIpc) is 3.98. The summed E-state index contributed by atoms with van der Waals surface area (Å²) in [5.41, 5.74) is -0.567. The maximum Gasteiger partial charge on any atom is 0.514 e. The van der Waals surface area contributed by atoms with E-state index in [1.807, 2.05) is 59.8 Å². The number of carbonyl (C=O) groups is 2. The zero-order chi connectivity index (χ0) is 46.0. The zero-order valence-corrected chi connectivity index (χ0v) is 38.9. The van der Waals surface area contributed by atoms with Gasteiger partial charge in [-0.05, 0) is 111 Å². The predicted molar refractivity (Wildman–Crippen MR) is 233 cm³/mol. The van der Waals surface area contributed by atoms with Crippen LogP contribution in [0.1, 0.15) is 115 Å². The highest BCUT2D eigenvalue weighted by Crippen LogP contribution is 2.38. The summed E-state index contributed by atoms with van der Waals surface area (Å²) in [7, 11) is 0. The fraction of sp³-hybridized carbons (Fsp3) is 0.702. The van der Waals surface area contributed by atoms with E-state index in [-0.39, 0.29) is 60.7 Å². The molecule has 0 amide bonds. The van der Waals surface area contributed by atoms with Crippen LogP contribution in [0.3, 0.4) is 0 Å². The number of carbonyl (C=O) groups excluding carboxylic acids is 2. The number of epoxide rings is 1. The van der Waals surface area contributed by atoms with Gasteiger partial charge in [-0.3, -0.25) is 14.9 Å². The van der Waals surface area contributed by atoms with Crippen LogP contribution in [-0.4, -0.2) is 98.0 Å². The zero-order valence-electron chi connectivity index (χ0n) is 38.9. The second-order valence-corrected chi connectivity index (χ2v) is 16.4. The molecule has 0 spiro atoms. The first-order valence-corrected chi connectivity index (χ1v) is 22.3. The second-order valence-electron chi connectivity index (χ2n) is 16.4. The van der Waals surface area contributed by atoms with Crippen LogP contribution in [0.15, 0.2) is 60.2 Å². The van der Waals surface area contributed by atoms with Gasteiger partial charge in [0.05, 0.1) is 35.8 Å². The number of hydrogen-bond donors (Lipinski definition) is 0. The highest BCUT2D eigenvalue weighted by atomic mass is 16.7. The summed E-state index contributed by atoms with van der Waals surface area (Å²) in [6, 6.07) is 5.10. The van der Waals surface area contributed by atoms with E-state index in [0.29, 0.717) is 26.2 Å². The predicted octanol–water partition coefficient (Wildman–Crippen LogP) is 9.80. The van der Waals surface area contributed by atoms with Gasteiger partial charge in [0.25, 0.3) is 5.69 Å². The van der Waals surface area contributed by atoms with Crippen LogP contribution in [-0.2, 0) is 47.4 Å². The van der Waals surface area contributed by atoms with Gasteiger partial charge in [-0.25, -0.2) is 4.79 Å². The summed E-state index contributed by atoms with van der Waals surface area (Å²) >= 11 is 0.